The number of hydrogen-bond acceptors (Lipinski definition) is 4. The number of piperazine rings is 1. The second kappa shape index (κ2) is 15.8. The maximum Gasteiger partial charge on any atom is 0.190 e. The summed E-state index contributed by atoms with van der Waals surface area (Å²) in [5.74, 6) is 1.48. The monoisotopic (exact) mass is 531 g/mol. The Morgan fingerprint density at radius 3 is 2.50 bits per heavy atom. The van der Waals surface area contributed by atoms with E-state index in [9.17, 15) is 0 Å². The highest BCUT2D eigenvalue weighted by atomic mass is 127. The molecule has 0 amide bonds. The summed E-state index contributed by atoms with van der Waals surface area (Å²) in [7, 11) is 4.05. The zero-order valence-electron chi connectivity index (χ0n) is 19.3. The number of likely N-dealkylation sites (N-methyl/N-ethyl adjacent to an activating group) is 1. The minimum absolute atomic E-state index is 0. The fourth-order valence-corrected chi connectivity index (χ4v) is 3.63. The highest BCUT2D eigenvalue weighted by molar-refractivity contribution is 14.0. The Kier molecular flexibility index (Phi) is 14.3. The van der Waals surface area contributed by atoms with Crippen molar-refractivity contribution in [2.45, 2.75) is 32.7 Å². The number of nitrogens with zero attached hydrogens (tertiary/aromatic N) is 3. The number of benzene rings is 1. The third kappa shape index (κ3) is 10.4. The van der Waals surface area contributed by atoms with Gasteiger partial charge in [-0.25, -0.2) is 0 Å². The third-order valence-corrected chi connectivity index (χ3v) is 5.23. The Balaban J connectivity index is 0.00000450. The van der Waals surface area contributed by atoms with Crippen molar-refractivity contribution in [2.75, 3.05) is 66.6 Å². The normalized spacial score (nSPS) is 18.3. The summed E-state index contributed by atoms with van der Waals surface area (Å²) >= 11 is 0. The maximum absolute atomic E-state index is 5.62. The molecule has 0 aliphatic carbocycles. The van der Waals surface area contributed by atoms with Crippen LogP contribution in [0.25, 0.3) is 0 Å². The topological polar surface area (TPSA) is 52.1 Å². The van der Waals surface area contributed by atoms with Crippen LogP contribution in [0.1, 0.15) is 38.3 Å². The standard InChI is InChI=1S/C23H41N5O.HI/c1-20(2)19-29-17-9-13-26-23(24-3)25-12-8-14-28-16-15-27(4)18-22(28)21-10-6-5-7-11-21;/h5-7,10-11,20,22H,8-9,12-19H2,1-4H3,(H2,24,25,26);1H. The first-order valence-electron chi connectivity index (χ1n) is 11.1. The fourth-order valence-electron chi connectivity index (χ4n) is 3.63. The van der Waals surface area contributed by atoms with E-state index in [1.807, 2.05) is 7.05 Å². The first-order chi connectivity index (χ1) is 14.1. The molecule has 1 aliphatic heterocycles. The van der Waals surface area contributed by atoms with E-state index in [1.165, 1.54) is 5.56 Å². The van der Waals surface area contributed by atoms with Crippen molar-refractivity contribution in [2.24, 2.45) is 10.9 Å². The Bertz CT molecular complexity index is 584. The van der Waals surface area contributed by atoms with Crippen molar-refractivity contribution in [3.05, 3.63) is 35.9 Å². The van der Waals surface area contributed by atoms with Crippen LogP contribution in [0, 0.1) is 5.92 Å². The van der Waals surface area contributed by atoms with E-state index in [-0.39, 0.29) is 24.0 Å². The van der Waals surface area contributed by atoms with Gasteiger partial charge in [-0.15, -0.1) is 24.0 Å². The van der Waals surface area contributed by atoms with Gasteiger partial charge in [0.25, 0.3) is 0 Å². The van der Waals surface area contributed by atoms with Gasteiger partial charge in [0.05, 0.1) is 0 Å². The zero-order chi connectivity index (χ0) is 20.9. The quantitative estimate of drug-likeness (QED) is 0.199. The molecule has 0 saturated carbocycles. The van der Waals surface area contributed by atoms with Crippen LogP contribution >= 0.6 is 24.0 Å². The second-order valence-corrected chi connectivity index (χ2v) is 8.33. The Morgan fingerprint density at radius 2 is 1.83 bits per heavy atom. The van der Waals surface area contributed by atoms with E-state index in [2.05, 4.69) is 76.7 Å². The summed E-state index contributed by atoms with van der Waals surface area (Å²) in [5, 5.41) is 6.82. The Labute approximate surface area is 200 Å². The maximum atomic E-state index is 5.62. The lowest BCUT2D eigenvalue weighted by Crippen LogP contribution is -2.47. The predicted octanol–water partition coefficient (Wildman–Crippen LogP) is 3.21. The number of hydrogen-bond donors (Lipinski definition) is 2. The van der Waals surface area contributed by atoms with Gasteiger partial charge < -0.3 is 20.3 Å². The lowest BCUT2D eigenvalue weighted by molar-refractivity contribution is 0.0891. The summed E-state index contributed by atoms with van der Waals surface area (Å²) in [5.41, 5.74) is 1.42. The van der Waals surface area contributed by atoms with Crippen LogP contribution in [0.4, 0.5) is 0 Å². The van der Waals surface area contributed by atoms with Gasteiger partial charge in [-0.3, -0.25) is 9.89 Å². The second-order valence-electron chi connectivity index (χ2n) is 8.33. The number of aliphatic imine (C=N–C) groups is 1. The molecule has 1 aliphatic rings. The van der Waals surface area contributed by atoms with E-state index in [4.69, 9.17) is 4.74 Å². The van der Waals surface area contributed by atoms with Gasteiger partial charge in [-0.1, -0.05) is 44.2 Å². The highest BCUT2D eigenvalue weighted by Crippen LogP contribution is 2.24. The van der Waals surface area contributed by atoms with E-state index in [0.717, 1.165) is 71.3 Å². The van der Waals surface area contributed by atoms with Crippen molar-refractivity contribution in [3.63, 3.8) is 0 Å². The smallest absolute Gasteiger partial charge is 0.190 e. The van der Waals surface area contributed by atoms with Gasteiger partial charge in [0, 0.05) is 65.6 Å². The highest BCUT2D eigenvalue weighted by Gasteiger charge is 2.25. The van der Waals surface area contributed by atoms with Crippen LogP contribution in [0.5, 0.6) is 0 Å². The molecule has 1 saturated heterocycles. The molecule has 1 aromatic carbocycles. The molecule has 2 rings (SSSR count). The summed E-state index contributed by atoms with van der Waals surface area (Å²) in [6, 6.07) is 11.4. The van der Waals surface area contributed by atoms with Crippen molar-refractivity contribution in [1.82, 2.24) is 20.4 Å². The third-order valence-electron chi connectivity index (χ3n) is 5.23. The van der Waals surface area contributed by atoms with Gasteiger partial charge in [-0.2, -0.15) is 0 Å². The molecule has 1 aromatic rings. The number of nitrogens with one attached hydrogen (secondary N) is 2. The first-order valence-corrected chi connectivity index (χ1v) is 11.1. The van der Waals surface area contributed by atoms with Crippen molar-refractivity contribution in [3.8, 4) is 0 Å². The number of halogens is 1. The van der Waals surface area contributed by atoms with Crippen LogP contribution in [0.3, 0.4) is 0 Å². The molecule has 1 fully saturated rings. The van der Waals surface area contributed by atoms with Crippen LogP contribution in [-0.2, 0) is 4.74 Å². The van der Waals surface area contributed by atoms with E-state index < -0.39 is 0 Å². The number of rotatable bonds is 11. The molecule has 7 heteroatoms. The molecule has 1 unspecified atom stereocenters. The molecule has 6 nitrogen and oxygen atoms in total. The summed E-state index contributed by atoms with van der Waals surface area (Å²) in [6.45, 7) is 12.3. The zero-order valence-corrected chi connectivity index (χ0v) is 21.6. The number of guanidine groups is 1. The van der Waals surface area contributed by atoms with Gasteiger partial charge >= 0.3 is 0 Å². The molecule has 30 heavy (non-hydrogen) atoms. The molecule has 172 valence electrons. The largest absolute Gasteiger partial charge is 0.381 e. The Morgan fingerprint density at radius 1 is 1.13 bits per heavy atom. The Hall–Kier alpha value is -0.900. The van der Waals surface area contributed by atoms with Gasteiger partial charge in [0.2, 0.25) is 0 Å². The predicted molar refractivity (Wildman–Crippen MR) is 138 cm³/mol. The molecule has 0 bridgehead atoms. The average Bonchev–Trinajstić information content (AvgIpc) is 2.73. The van der Waals surface area contributed by atoms with E-state index in [0.29, 0.717) is 12.0 Å². The summed E-state index contributed by atoms with van der Waals surface area (Å²) in [6.07, 6.45) is 2.10. The molecule has 2 N–H and O–H groups in total. The molecule has 1 heterocycles. The SMILES string of the molecule is CN=C(NCCCOCC(C)C)NCCCN1CCN(C)CC1c1ccccc1.I. The molecule has 0 aromatic heterocycles. The minimum Gasteiger partial charge on any atom is -0.381 e. The van der Waals surface area contributed by atoms with E-state index >= 15 is 0 Å². The molecule has 0 spiro atoms. The van der Waals surface area contributed by atoms with Gasteiger partial charge in [-0.05, 0) is 31.4 Å². The van der Waals surface area contributed by atoms with Crippen LogP contribution in [-0.4, -0.2) is 82.3 Å². The van der Waals surface area contributed by atoms with Crippen LogP contribution in [0.2, 0.25) is 0 Å². The lowest BCUT2D eigenvalue weighted by Gasteiger charge is -2.40. The lowest BCUT2D eigenvalue weighted by atomic mass is 10.0. The van der Waals surface area contributed by atoms with E-state index in [1.54, 1.807) is 0 Å². The van der Waals surface area contributed by atoms with Crippen molar-refractivity contribution < 1.29 is 4.74 Å². The van der Waals surface area contributed by atoms with Crippen molar-refractivity contribution >= 4 is 29.9 Å². The molecule has 0 radical (unpaired) electrons. The molecular formula is C23H42IN5O. The summed E-state index contributed by atoms with van der Waals surface area (Å²) in [4.78, 5) is 9.38. The number of ether oxygens (including phenoxy) is 1. The average molecular weight is 532 g/mol. The summed E-state index contributed by atoms with van der Waals surface area (Å²) < 4.78 is 5.62. The van der Waals surface area contributed by atoms with Gasteiger partial charge in [0.15, 0.2) is 5.96 Å². The van der Waals surface area contributed by atoms with Crippen molar-refractivity contribution in [1.29, 1.82) is 0 Å². The first kappa shape index (κ1) is 27.1. The van der Waals surface area contributed by atoms with Crippen LogP contribution < -0.4 is 10.6 Å². The molecule has 1 atom stereocenters. The van der Waals surface area contributed by atoms with Gasteiger partial charge in [0.1, 0.15) is 0 Å². The fraction of sp³-hybridized carbons (Fsp3) is 0.696. The van der Waals surface area contributed by atoms with Crippen LogP contribution in [0.15, 0.2) is 35.3 Å². The minimum atomic E-state index is 0. The molecular weight excluding hydrogens is 489 g/mol.